The van der Waals surface area contributed by atoms with Crippen molar-refractivity contribution in [3.63, 3.8) is 0 Å². The van der Waals surface area contributed by atoms with Crippen LogP contribution in [0.2, 0.25) is 0 Å². The van der Waals surface area contributed by atoms with Crippen molar-refractivity contribution < 1.29 is 14.4 Å². The lowest BCUT2D eigenvalue weighted by atomic mass is 10.1. The molecule has 2 saturated heterocycles. The molecule has 9 heteroatoms. The first-order valence-electron chi connectivity index (χ1n) is 8.96. The predicted molar refractivity (Wildman–Crippen MR) is 111 cm³/mol. The van der Waals surface area contributed by atoms with Gasteiger partial charge in [-0.15, -0.1) is 23.1 Å². The van der Waals surface area contributed by atoms with Crippen LogP contribution in [0.3, 0.4) is 0 Å². The van der Waals surface area contributed by atoms with E-state index in [1.54, 1.807) is 16.7 Å². The third kappa shape index (κ3) is 3.51. The van der Waals surface area contributed by atoms with Crippen LogP contribution in [0.4, 0.5) is 10.8 Å². The molecule has 0 bridgehead atoms. The zero-order valence-corrected chi connectivity index (χ0v) is 17.2. The van der Waals surface area contributed by atoms with Gasteiger partial charge < -0.3 is 15.5 Å². The van der Waals surface area contributed by atoms with Crippen molar-refractivity contribution in [1.29, 1.82) is 0 Å². The lowest BCUT2D eigenvalue weighted by Gasteiger charge is -2.29. The maximum absolute atomic E-state index is 12.7. The molecule has 2 atom stereocenters. The quantitative estimate of drug-likeness (QED) is 0.799. The molecule has 146 valence electrons. The van der Waals surface area contributed by atoms with Crippen molar-refractivity contribution in [2.75, 3.05) is 16.4 Å². The van der Waals surface area contributed by atoms with Gasteiger partial charge in [0.2, 0.25) is 17.7 Å². The Morgan fingerprint density at radius 2 is 2.00 bits per heavy atom. The summed E-state index contributed by atoms with van der Waals surface area (Å²) in [6.07, 6.45) is 1.29. The summed E-state index contributed by atoms with van der Waals surface area (Å²) in [5.74, 6) is 0.348. The molecular formula is C19H20N4O3S2. The van der Waals surface area contributed by atoms with Crippen molar-refractivity contribution in [2.24, 2.45) is 0 Å². The zero-order valence-electron chi connectivity index (χ0n) is 15.5. The van der Waals surface area contributed by atoms with Crippen LogP contribution < -0.4 is 10.6 Å². The number of carbonyl (C=O) groups excluding carboxylic acids is 3. The van der Waals surface area contributed by atoms with E-state index in [-0.39, 0.29) is 22.6 Å². The van der Waals surface area contributed by atoms with E-state index in [4.69, 9.17) is 0 Å². The molecule has 0 spiro atoms. The number of anilines is 2. The Balaban J connectivity index is 1.44. The number of nitrogens with one attached hydrogen (secondary N) is 2. The molecule has 0 aliphatic carbocycles. The van der Waals surface area contributed by atoms with Crippen LogP contribution in [0.5, 0.6) is 0 Å². The zero-order chi connectivity index (χ0) is 19.9. The summed E-state index contributed by atoms with van der Waals surface area (Å²) in [5.41, 5.74) is 2.36. The molecule has 2 aromatic rings. The Kier molecular flexibility index (Phi) is 4.88. The van der Waals surface area contributed by atoms with Crippen molar-refractivity contribution in [1.82, 2.24) is 9.88 Å². The van der Waals surface area contributed by atoms with Gasteiger partial charge in [0, 0.05) is 35.7 Å². The molecule has 7 nitrogen and oxygen atoms in total. The highest BCUT2D eigenvalue weighted by molar-refractivity contribution is 8.01. The Bertz CT molecular complexity index is 943. The van der Waals surface area contributed by atoms with Gasteiger partial charge in [0.25, 0.3) is 0 Å². The summed E-state index contributed by atoms with van der Waals surface area (Å²) < 4.78 is 0. The van der Waals surface area contributed by atoms with Gasteiger partial charge in [-0.3, -0.25) is 14.4 Å². The van der Waals surface area contributed by atoms with Crippen LogP contribution in [0, 0.1) is 0 Å². The van der Waals surface area contributed by atoms with Crippen LogP contribution >= 0.6 is 23.1 Å². The molecule has 1 aromatic heterocycles. The molecule has 2 aliphatic heterocycles. The van der Waals surface area contributed by atoms with Gasteiger partial charge in [0.05, 0.1) is 10.6 Å². The Hall–Kier alpha value is -2.39. The minimum Gasteiger partial charge on any atom is -0.326 e. The van der Waals surface area contributed by atoms with Crippen molar-refractivity contribution in [3.8, 4) is 11.3 Å². The minimum atomic E-state index is -0.450. The molecule has 0 saturated carbocycles. The number of aromatic nitrogens is 1. The molecule has 3 heterocycles. The molecule has 2 N–H and O–H groups in total. The van der Waals surface area contributed by atoms with Gasteiger partial charge in [0.15, 0.2) is 5.13 Å². The first kappa shape index (κ1) is 18.9. The first-order valence-corrected chi connectivity index (χ1v) is 10.8. The standard InChI is InChI=1S/C19H20N4O3S2/c1-11(24)20-13-5-3-12(4-6-13)14-9-27-18(21-14)22-17(26)15-10-28-19(2)8-7-16(25)23(15)19/h3-6,9,15H,7-8,10H2,1-2H3,(H,20,24)(H,21,22,26)/t15-,19-/m0/s1. The van der Waals surface area contributed by atoms with Crippen LogP contribution in [0.1, 0.15) is 26.7 Å². The summed E-state index contributed by atoms with van der Waals surface area (Å²) in [5, 5.41) is 7.97. The molecule has 4 rings (SSSR count). The molecule has 0 radical (unpaired) electrons. The van der Waals surface area contributed by atoms with Gasteiger partial charge in [-0.05, 0) is 25.5 Å². The van der Waals surface area contributed by atoms with Gasteiger partial charge in [0.1, 0.15) is 6.04 Å². The third-order valence-electron chi connectivity index (χ3n) is 4.98. The monoisotopic (exact) mass is 416 g/mol. The Morgan fingerprint density at radius 1 is 1.25 bits per heavy atom. The van der Waals surface area contributed by atoms with Gasteiger partial charge in [-0.25, -0.2) is 4.98 Å². The maximum atomic E-state index is 12.7. The van der Waals surface area contributed by atoms with Crippen molar-refractivity contribution in [2.45, 2.75) is 37.6 Å². The van der Waals surface area contributed by atoms with Crippen LogP contribution in [0.25, 0.3) is 11.3 Å². The summed E-state index contributed by atoms with van der Waals surface area (Å²) in [6, 6.07) is 6.91. The second-order valence-corrected chi connectivity index (χ2v) is 9.41. The number of hydrogen-bond donors (Lipinski definition) is 2. The number of amides is 3. The second kappa shape index (κ2) is 7.21. The predicted octanol–water partition coefficient (Wildman–Crippen LogP) is 3.16. The number of rotatable bonds is 4. The van der Waals surface area contributed by atoms with E-state index in [9.17, 15) is 14.4 Å². The topological polar surface area (TPSA) is 91.4 Å². The molecule has 28 heavy (non-hydrogen) atoms. The lowest BCUT2D eigenvalue weighted by Crippen LogP contribution is -2.48. The molecular weight excluding hydrogens is 396 g/mol. The highest BCUT2D eigenvalue weighted by Crippen LogP contribution is 2.47. The van der Waals surface area contributed by atoms with E-state index in [1.807, 2.05) is 36.6 Å². The number of nitrogens with zero attached hydrogens (tertiary/aromatic N) is 2. The van der Waals surface area contributed by atoms with E-state index in [0.29, 0.717) is 17.3 Å². The number of hydrogen-bond acceptors (Lipinski definition) is 6. The van der Waals surface area contributed by atoms with Gasteiger partial charge in [-0.1, -0.05) is 12.1 Å². The van der Waals surface area contributed by atoms with Crippen LogP contribution in [-0.2, 0) is 14.4 Å². The molecule has 2 aliphatic rings. The Morgan fingerprint density at radius 3 is 2.71 bits per heavy atom. The average Bonchev–Trinajstić information content (AvgIpc) is 3.31. The number of thioether (sulfide) groups is 1. The summed E-state index contributed by atoms with van der Waals surface area (Å²) in [6.45, 7) is 3.49. The number of carbonyl (C=O) groups is 3. The fourth-order valence-electron chi connectivity index (χ4n) is 3.59. The second-order valence-electron chi connectivity index (χ2n) is 7.05. The van der Waals surface area contributed by atoms with Crippen LogP contribution in [-0.4, -0.2) is 44.3 Å². The lowest BCUT2D eigenvalue weighted by molar-refractivity contribution is -0.135. The summed E-state index contributed by atoms with van der Waals surface area (Å²) >= 11 is 3.02. The molecule has 1 aromatic carbocycles. The number of thiazole rings is 1. The fourth-order valence-corrected chi connectivity index (χ4v) is 5.75. The minimum absolute atomic E-state index is 0.0479. The van der Waals surface area contributed by atoms with E-state index < -0.39 is 6.04 Å². The SMILES string of the molecule is CC(=O)Nc1ccc(-c2csc(NC(=O)[C@@H]3CS[C@@]4(C)CCC(=O)N34)n2)cc1. The Labute approximate surface area is 170 Å². The van der Waals surface area contributed by atoms with Crippen molar-refractivity contribution in [3.05, 3.63) is 29.6 Å². The molecule has 0 unspecified atom stereocenters. The van der Waals surface area contributed by atoms with E-state index in [2.05, 4.69) is 15.6 Å². The maximum Gasteiger partial charge on any atom is 0.249 e. The highest BCUT2D eigenvalue weighted by Gasteiger charge is 2.52. The molecule has 3 amide bonds. The van der Waals surface area contributed by atoms with E-state index in [0.717, 1.165) is 23.4 Å². The smallest absolute Gasteiger partial charge is 0.249 e. The fraction of sp³-hybridized carbons (Fsp3) is 0.368. The van der Waals surface area contributed by atoms with Crippen LogP contribution in [0.15, 0.2) is 29.6 Å². The summed E-state index contributed by atoms with van der Waals surface area (Å²) in [7, 11) is 0. The summed E-state index contributed by atoms with van der Waals surface area (Å²) in [4.78, 5) is 42.0. The number of benzene rings is 1. The van der Waals surface area contributed by atoms with E-state index in [1.165, 1.54) is 18.3 Å². The first-order chi connectivity index (χ1) is 13.4. The van der Waals surface area contributed by atoms with Crippen molar-refractivity contribution >= 4 is 51.6 Å². The third-order valence-corrected chi connectivity index (χ3v) is 7.25. The van der Waals surface area contributed by atoms with Gasteiger partial charge in [-0.2, -0.15) is 0 Å². The molecule has 2 fully saturated rings. The largest absolute Gasteiger partial charge is 0.326 e. The number of fused-ring (bicyclic) bond motifs is 1. The highest BCUT2D eigenvalue weighted by atomic mass is 32.2. The average molecular weight is 417 g/mol. The van der Waals surface area contributed by atoms with Gasteiger partial charge >= 0.3 is 0 Å². The normalized spacial score (nSPS) is 23.6. The van der Waals surface area contributed by atoms with E-state index >= 15 is 0 Å².